The van der Waals surface area contributed by atoms with Gasteiger partial charge in [-0.2, -0.15) is 9.36 Å². The number of nitrogens with two attached hydrogens (primary N) is 1. The molecule has 1 aliphatic rings. The maximum absolute atomic E-state index is 13.6. The summed E-state index contributed by atoms with van der Waals surface area (Å²) in [6.45, 7) is -2.72. The number of tetrazole rings is 1. The Morgan fingerprint density at radius 2 is 2.28 bits per heavy atom. The second-order valence-corrected chi connectivity index (χ2v) is 4.29. The number of halogens is 1. The normalized spacial score (nSPS) is 18.2. The molecule has 6 nitrogen and oxygen atoms in total. The molecule has 0 aliphatic heterocycles. The van der Waals surface area contributed by atoms with Crippen molar-refractivity contribution in [2.24, 2.45) is 6.98 Å². The first kappa shape index (κ1) is 8.02. The number of anilines is 1. The van der Waals surface area contributed by atoms with E-state index in [9.17, 15) is 9.18 Å². The summed E-state index contributed by atoms with van der Waals surface area (Å²) < 4.78 is 36.4. The van der Waals surface area contributed by atoms with Crippen molar-refractivity contribution in [3.63, 3.8) is 0 Å². The predicted octanol–water partition coefficient (Wildman–Crippen LogP) is 0.565. The Morgan fingerprint density at radius 3 is 2.89 bits per heavy atom. The SMILES string of the molecule is [2H]C([2H])([2H])n1nnn(-c2cc(N)c(F)cc2C2CC2)c1=O. The molecule has 0 bridgehead atoms. The molecule has 3 rings (SSSR count). The van der Waals surface area contributed by atoms with Crippen molar-refractivity contribution in [1.82, 2.24) is 19.8 Å². The highest BCUT2D eigenvalue weighted by Gasteiger charge is 2.28. The molecule has 1 heterocycles. The number of nitrogens with zero attached hydrogens (tertiary/aromatic N) is 4. The second-order valence-electron chi connectivity index (χ2n) is 4.29. The Hall–Kier alpha value is -2.18. The summed E-state index contributed by atoms with van der Waals surface area (Å²) in [5.74, 6) is -0.447. The fourth-order valence-electron chi connectivity index (χ4n) is 1.90. The van der Waals surface area contributed by atoms with Crippen LogP contribution < -0.4 is 11.4 Å². The molecule has 0 unspecified atom stereocenters. The van der Waals surface area contributed by atoms with E-state index in [0.717, 1.165) is 17.5 Å². The van der Waals surface area contributed by atoms with Gasteiger partial charge in [0.05, 0.1) is 11.4 Å². The number of hydrogen-bond acceptors (Lipinski definition) is 4. The number of rotatable bonds is 2. The van der Waals surface area contributed by atoms with Crippen LogP contribution in [0.5, 0.6) is 0 Å². The quantitative estimate of drug-likeness (QED) is 0.792. The molecule has 0 saturated heterocycles. The van der Waals surface area contributed by atoms with Gasteiger partial charge in [-0.25, -0.2) is 9.18 Å². The minimum absolute atomic E-state index is 0.125. The number of aryl methyl sites for hydroxylation is 1. The third kappa shape index (κ3) is 1.59. The number of hydrogen-bond donors (Lipinski definition) is 1. The number of nitrogen functional groups attached to an aromatic ring is 1. The molecule has 7 heteroatoms. The zero-order chi connectivity index (χ0) is 15.4. The first-order valence-electron chi connectivity index (χ1n) is 6.94. The van der Waals surface area contributed by atoms with Gasteiger partial charge in [0, 0.05) is 11.1 Å². The van der Waals surface area contributed by atoms with E-state index in [1.165, 1.54) is 12.1 Å². The van der Waals surface area contributed by atoms with Crippen molar-refractivity contribution in [1.29, 1.82) is 0 Å². The van der Waals surface area contributed by atoms with Crippen LogP contribution in [-0.2, 0) is 6.98 Å². The lowest BCUT2D eigenvalue weighted by Gasteiger charge is -2.09. The van der Waals surface area contributed by atoms with Crippen molar-refractivity contribution in [3.8, 4) is 5.69 Å². The van der Waals surface area contributed by atoms with Crippen molar-refractivity contribution in [2.45, 2.75) is 18.8 Å². The van der Waals surface area contributed by atoms with E-state index < -0.39 is 18.5 Å². The van der Waals surface area contributed by atoms with Crippen LogP contribution in [0.15, 0.2) is 16.9 Å². The molecule has 0 spiro atoms. The van der Waals surface area contributed by atoms with Gasteiger partial charge < -0.3 is 5.73 Å². The maximum Gasteiger partial charge on any atom is 0.368 e. The summed E-state index contributed by atoms with van der Waals surface area (Å²) in [5.41, 5.74) is 5.34. The number of benzene rings is 1. The lowest BCUT2D eigenvalue weighted by molar-refractivity contribution is 0.628. The van der Waals surface area contributed by atoms with Crippen molar-refractivity contribution < 1.29 is 8.50 Å². The highest BCUT2D eigenvalue weighted by atomic mass is 19.1. The van der Waals surface area contributed by atoms with Gasteiger partial charge in [0.15, 0.2) is 0 Å². The third-order valence-corrected chi connectivity index (χ3v) is 2.97. The monoisotopic (exact) mass is 252 g/mol. The predicted molar refractivity (Wildman–Crippen MR) is 62.9 cm³/mol. The molecule has 0 atom stereocenters. The van der Waals surface area contributed by atoms with Gasteiger partial charge in [-0.1, -0.05) is 0 Å². The molecule has 1 aliphatic carbocycles. The van der Waals surface area contributed by atoms with E-state index in [1.54, 1.807) is 0 Å². The van der Waals surface area contributed by atoms with Crippen LogP contribution in [0.3, 0.4) is 0 Å². The van der Waals surface area contributed by atoms with Crippen LogP contribution in [0.2, 0.25) is 0 Å². The second kappa shape index (κ2) is 3.66. The Kier molecular flexibility index (Phi) is 1.63. The van der Waals surface area contributed by atoms with Crippen LogP contribution in [0, 0.1) is 5.82 Å². The largest absolute Gasteiger partial charge is 0.396 e. The molecular formula is C11H12FN5O. The molecule has 0 amide bonds. The first-order valence-corrected chi connectivity index (χ1v) is 5.44. The fourth-order valence-corrected chi connectivity index (χ4v) is 1.90. The minimum atomic E-state index is -2.72. The van der Waals surface area contributed by atoms with Crippen molar-refractivity contribution >= 4 is 5.69 Å². The van der Waals surface area contributed by atoms with E-state index in [0.29, 0.717) is 10.2 Å². The van der Waals surface area contributed by atoms with Crippen LogP contribution in [-0.4, -0.2) is 19.8 Å². The molecule has 1 aromatic heterocycles. The van der Waals surface area contributed by atoms with Gasteiger partial charge in [0.25, 0.3) is 0 Å². The van der Waals surface area contributed by atoms with Crippen molar-refractivity contribution in [2.75, 3.05) is 5.73 Å². The summed E-state index contributed by atoms with van der Waals surface area (Å²) >= 11 is 0. The summed E-state index contributed by atoms with van der Waals surface area (Å²) in [7, 11) is 0. The zero-order valence-electron chi connectivity index (χ0n) is 12.3. The summed E-state index contributed by atoms with van der Waals surface area (Å²) in [6.07, 6.45) is 1.75. The molecule has 1 aromatic carbocycles. The van der Waals surface area contributed by atoms with E-state index >= 15 is 0 Å². The standard InChI is InChI=1S/C11H12FN5O/c1-16-11(18)17(15-14-16)10-5-9(13)8(12)4-7(10)6-2-3-6/h4-6H,2-3,13H2,1H3/i1D3. The van der Waals surface area contributed by atoms with Crippen LogP contribution in [0.1, 0.15) is 28.4 Å². The molecule has 0 radical (unpaired) electrons. The average Bonchev–Trinajstić information content (AvgIpc) is 3.14. The maximum atomic E-state index is 13.6. The molecule has 94 valence electrons. The topological polar surface area (TPSA) is 78.7 Å². The molecule has 18 heavy (non-hydrogen) atoms. The summed E-state index contributed by atoms with van der Waals surface area (Å²) in [4.78, 5) is 12.1. The van der Waals surface area contributed by atoms with Gasteiger partial charge >= 0.3 is 5.69 Å². The molecular weight excluding hydrogens is 237 g/mol. The van der Waals surface area contributed by atoms with Crippen LogP contribution in [0.4, 0.5) is 10.1 Å². The Bertz CT molecular complexity index is 762. The molecule has 2 aromatic rings. The smallest absolute Gasteiger partial charge is 0.368 e. The van der Waals surface area contributed by atoms with Gasteiger partial charge in [-0.15, -0.1) is 0 Å². The molecule has 2 N–H and O–H groups in total. The average molecular weight is 252 g/mol. The minimum Gasteiger partial charge on any atom is -0.396 e. The number of aromatic nitrogens is 4. The van der Waals surface area contributed by atoms with E-state index in [4.69, 9.17) is 9.85 Å². The fraction of sp³-hybridized carbons (Fsp3) is 0.364. The van der Waals surface area contributed by atoms with Gasteiger partial charge in [-0.05, 0) is 46.9 Å². The molecule has 1 saturated carbocycles. The first-order chi connectivity index (χ1) is 9.79. The molecule has 1 fully saturated rings. The van der Waals surface area contributed by atoms with E-state index in [2.05, 4.69) is 10.4 Å². The van der Waals surface area contributed by atoms with E-state index in [-0.39, 0.29) is 17.3 Å². The van der Waals surface area contributed by atoms with Crippen LogP contribution >= 0.6 is 0 Å². The summed E-state index contributed by atoms with van der Waals surface area (Å²) in [6, 6.07) is 2.55. The third-order valence-electron chi connectivity index (χ3n) is 2.97. The van der Waals surface area contributed by atoms with Crippen LogP contribution in [0.25, 0.3) is 5.69 Å². The highest BCUT2D eigenvalue weighted by Crippen LogP contribution is 2.43. The Balaban J connectivity index is 2.19. The summed E-state index contributed by atoms with van der Waals surface area (Å²) in [5, 5.41) is 6.93. The zero-order valence-corrected chi connectivity index (χ0v) is 9.30. The lowest BCUT2D eigenvalue weighted by atomic mass is 10.1. The van der Waals surface area contributed by atoms with Crippen molar-refractivity contribution in [3.05, 3.63) is 34.0 Å². The van der Waals surface area contributed by atoms with Gasteiger partial charge in [0.1, 0.15) is 5.82 Å². The highest BCUT2D eigenvalue weighted by molar-refractivity contribution is 5.55. The van der Waals surface area contributed by atoms with Gasteiger partial charge in [0.2, 0.25) is 0 Å². The van der Waals surface area contributed by atoms with E-state index in [1.807, 2.05) is 0 Å². The Morgan fingerprint density at radius 1 is 1.50 bits per heavy atom. The Labute approximate surface area is 106 Å². The van der Waals surface area contributed by atoms with Gasteiger partial charge in [-0.3, -0.25) is 0 Å². The lowest BCUT2D eigenvalue weighted by Crippen LogP contribution is -2.23.